The van der Waals surface area contributed by atoms with E-state index in [1.165, 1.54) is 56.9 Å². The molecule has 0 aromatic heterocycles. The maximum absolute atomic E-state index is 16.1. The zero-order valence-corrected chi connectivity index (χ0v) is 32.0. The van der Waals surface area contributed by atoms with Crippen LogP contribution in [0.3, 0.4) is 0 Å². The van der Waals surface area contributed by atoms with Crippen molar-refractivity contribution >= 4 is 22.6 Å². The molecule has 3 aromatic rings. The number of hydrogen-bond acceptors (Lipinski definition) is 4. The van der Waals surface area contributed by atoms with Crippen LogP contribution in [0.25, 0.3) is 22.3 Å². The van der Waals surface area contributed by atoms with Gasteiger partial charge in [-0.05, 0) is 139 Å². The van der Waals surface area contributed by atoms with Crippen LogP contribution >= 0.6 is 22.6 Å². The minimum absolute atomic E-state index is 0.0809. The molecule has 3 aromatic carbocycles. The van der Waals surface area contributed by atoms with E-state index in [1.54, 1.807) is 6.07 Å². The second kappa shape index (κ2) is 16.8. The molecular formula is C42H56FIO4. The van der Waals surface area contributed by atoms with Gasteiger partial charge < -0.3 is 19.3 Å². The van der Waals surface area contributed by atoms with Crippen LogP contribution in [0.2, 0.25) is 0 Å². The van der Waals surface area contributed by atoms with Crippen LogP contribution in [-0.2, 0) is 22.3 Å². The average molecular weight is 771 g/mol. The number of aliphatic hydroxyl groups is 1. The third kappa shape index (κ3) is 9.21. The third-order valence-corrected chi connectivity index (χ3v) is 11.6. The normalized spacial score (nSPS) is 20.5. The van der Waals surface area contributed by atoms with Gasteiger partial charge in [-0.15, -0.1) is 0 Å². The van der Waals surface area contributed by atoms with Gasteiger partial charge >= 0.3 is 0 Å². The fraction of sp³-hybridized carbons (Fsp3) is 0.571. The van der Waals surface area contributed by atoms with Gasteiger partial charge in [-0.3, -0.25) is 0 Å². The Morgan fingerprint density at radius 3 is 2.19 bits per heavy atom. The van der Waals surface area contributed by atoms with Crippen molar-refractivity contribution in [2.24, 2.45) is 11.3 Å². The minimum Gasteiger partial charge on any atom is -0.491 e. The van der Waals surface area contributed by atoms with Crippen LogP contribution in [-0.4, -0.2) is 37.3 Å². The smallest absolute Gasteiger partial charge is 0.162 e. The lowest BCUT2D eigenvalue weighted by molar-refractivity contribution is -0.285. The van der Waals surface area contributed by atoms with E-state index in [9.17, 15) is 5.11 Å². The van der Waals surface area contributed by atoms with Gasteiger partial charge in [0.15, 0.2) is 5.79 Å². The van der Waals surface area contributed by atoms with E-state index in [0.717, 1.165) is 49.5 Å². The predicted octanol–water partition coefficient (Wildman–Crippen LogP) is 11.3. The van der Waals surface area contributed by atoms with E-state index < -0.39 is 5.79 Å². The van der Waals surface area contributed by atoms with Gasteiger partial charge in [0.1, 0.15) is 11.6 Å². The standard InChI is InChI=1S/C42H56FIO4/c1-6-8-9-11-29-13-15-30(16-14-29)31-17-19-32(20-18-31)33-21-22-36(38(43)25-33)37-24-34(12-10-23-45)40(39(44)35(37)7-2)46-26-42(5)27-47-41(3,4)48-28-42/h17-22,24-25,29-30,45H,6-16,23,26-28H2,1-5H3. The van der Waals surface area contributed by atoms with Gasteiger partial charge in [0.25, 0.3) is 0 Å². The van der Waals surface area contributed by atoms with Crippen LogP contribution in [0, 0.1) is 20.7 Å². The second-order valence-electron chi connectivity index (χ2n) is 15.0. The fourth-order valence-electron chi connectivity index (χ4n) is 7.36. The molecule has 0 bridgehead atoms. The fourth-order valence-corrected chi connectivity index (χ4v) is 8.53. The second-order valence-corrected chi connectivity index (χ2v) is 16.1. The molecule has 1 saturated heterocycles. The van der Waals surface area contributed by atoms with Crippen LogP contribution in [0.15, 0.2) is 48.5 Å². The van der Waals surface area contributed by atoms with E-state index in [1.807, 2.05) is 26.0 Å². The van der Waals surface area contributed by atoms with Gasteiger partial charge in [0.2, 0.25) is 0 Å². The molecule has 1 saturated carbocycles. The molecule has 1 heterocycles. The summed E-state index contributed by atoms with van der Waals surface area (Å²) in [6, 6.07) is 16.6. The Kier molecular flexibility index (Phi) is 13.0. The van der Waals surface area contributed by atoms with Gasteiger partial charge in [0, 0.05) is 17.6 Å². The van der Waals surface area contributed by atoms with Gasteiger partial charge in [-0.1, -0.05) is 82.9 Å². The van der Waals surface area contributed by atoms with Crippen molar-refractivity contribution in [3.63, 3.8) is 0 Å². The number of aliphatic hydroxyl groups excluding tert-OH is 1. The average Bonchev–Trinajstić information content (AvgIpc) is 3.09. The lowest BCUT2D eigenvalue weighted by Crippen LogP contribution is -2.47. The van der Waals surface area contributed by atoms with Crippen molar-refractivity contribution in [1.82, 2.24) is 0 Å². The molecule has 5 rings (SSSR count). The Bertz CT molecular complexity index is 1480. The molecule has 2 aliphatic rings. The monoisotopic (exact) mass is 770 g/mol. The number of halogens is 2. The summed E-state index contributed by atoms with van der Waals surface area (Å²) < 4.78 is 35.5. The Morgan fingerprint density at radius 1 is 0.875 bits per heavy atom. The van der Waals surface area contributed by atoms with E-state index in [4.69, 9.17) is 14.2 Å². The van der Waals surface area contributed by atoms with Crippen molar-refractivity contribution in [3.05, 3.63) is 74.6 Å². The maximum atomic E-state index is 16.1. The largest absolute Gasteiger partial charge is 0.491 e. The third-order valence-electron chi connectivity index (χ3n) is 10.5. The highest BCUT2D eigenvalue weighted by atomic mass is 127. The molecule has 1 aliphatic carbocycles. The molecule has 0 atom stereocenters. The van der Waals surface area contributed by atoms with Crippen LogP contribution in [0.4, 0.5) is 4.39 Å². The molecule has 6 heteroatoms. The summed E-state index contributed by atoms with van der Waals surface area (Å²) in [5.41, 5.74) is 6.61. The van der Waals surface area contributed by atoms with Crippen LogP contribution < -0.4 is 4.74 Å². The first-order valence-electron chi connectivity index (χ1n) is 18.3. The quantitative estimate of drug-likeness (QED) is 0.131. The summed E-state index contributed by atoms with van der Waals surface area (Å²) in [5.74, 6) is 1.55. The first-order valence-corrected chi connectivity index (χ1v) is 19.4. The molecule has 0 spiro atoms. The van der Waals surface area contributed by atoms with Crippen LogP contribution in [0.1, 0.15) is 115 Å². The van der Waals surface area contributed by atoms with Crippen molar-refractivity contribution in [2.45, 2.75) is 117 Å². The first kappa shape index (κ1) is 37.3. The molecular weight excluding hydrogens is 714 g/mol. The number of hydrogen-bond donors (Lipinski definition) is 1. The highest BCUT2D eigenvalue weighted by molar-refractivity contribution is 14.1. The zero-order chi connectivity index (χ0) is 34.3. The number of ether oxygens (including phenoxy) is 3. The SMILES string of the molecule is CCCCCC1CCC(c2ccc(-c3ccc(-c4cc(CCCO)c(OCC5(C)COC(C)(C)OC5)c(I)c4CC)c(F)c3)cc2)CC1. The number of benzene rings is 3. The van der Waals surface area contributed by atoms with E-state index >= 15 is 4.39 Å². The molecule has 1 aliphatic heterocycles. The zero-order valence-electron chi connectivity index (χ0n) is 29.8. The molecule has 0 amide bonds. The topological polar surface area (TPSA) is 47.9 Å². The number of rotatable bonds is 14. The molecule has 2 fully saturated rings. The van der Waals surface area contributed by atoms with Crippen molar-refractivity contribution in [2.75, 3.05) is 26.4 Å². The summed E-state index contributed by atoms with van der Waals surface area (Å²) in [7, 11) is 0. The summed E-state index contributed by atoms with van der Waals surface area (Å²) in [5, 5.41) is 9.68. The van der Waals surface area contributed by atoms with Crippen molar-refractivity contribution in [1.29, 1.82) is 0 Å². The maximum Gasteiger partial charge on any atom is 0.162 e. The Hall–Kier alpha value is -2.00. The Labute approximate surface area is 302 Å². The molecule has 262 valence electrons. The molecule has 1 N–H and O–H groups in total. The highest BCUT2D eigenvalue weighted by Gasteiger charge is 2.37. The lowest BCUT2D eigenvalue weighted by atomic mass is 9.77. The number of unbranched alkanes of at least 4 members (excludes halogenated alkanes) is 2. The van der Waals surface area contributed by atoms with Crippen molar-refractivity contribution < 1.29 is 23.7 Å². The molecule has 48 heavy (non-hydrogen) atoms. The summed E-state index contributed by atoms with van der Waals surface area (Å²) >= 11 is 2.36. The minimum atomic E-state index is -0.590. The summed E-state index contributed by atoms with van der Waals surface area (Å²) in [6.45, 7) is 12.0. The van der Waals surface area contributed by atoms with Crippen LogP contribution in [0.5, 0.6) is 5.75 Å². The van der Waals surface area contributed by atoms with Gasteiger partial charge in [0.05, 0.1) is 23.4 Å². The summed E-state index contributed by atoms with van der Waals surface area (Å²) in [6.07, 6.45) is 12.7. The molecule has 4 nitrogen and oxygen atoms in total. The van der Waals surface area contributed by atoms with Crippen molar-refractivity contribution in [3.8, 4) is 28.0 Å². The van der Waals surface area contributed by atoms with E-state index in [0.29, 0.717) is 44.1 Å². The van der Waals surface area contributed by atoms with Gasteiger partial charge in [-0.25, -0.2) is 4.39 Å². The number of aryl methyl sites for hydroxylation is 1. The van der Waals surface area contributed by atoms with E-state index in [2.05, 4.69) is 73.7 Å². The van der Waals surface area contributed by atoms with Gasteiger partial charge in [-0.2, -0.15) is 0 Å². The predicted molar refractivity (Wildman–Crippen MR) is 203 cm³/mol. The molecule has 0 unspecified atom stereocenters. The summed E-state index contributed by atoms with van der Waals surface area (Å²) in [4.78, 5) is 0. The lowest BCUT2D eigenvalue weighted by Gasteiger charge is -2.41. The Morgan fingerprint density at radius 2 is 1.56 bits per heavy atom. The highest BCUT2D eigenvalue weighted by Crippen LogP contribution is 2.42. The molecule has 0 radical (unpaired) electrons. The first-order chi connectivity index (χ1) is 23.1. The van der Waals surface area contributed by atoms with E-state index in [-0.39, 0.29) is 17.8 Å². The Balaban J connectivity index is 1.33.